The Morgan fingerprint density at radius 1 is 1.43 bits per heavy atom. The number of nitrogens with one attached hydrogen (secondary N) is 1. The van der Waals surface area contributed by atoms with Gasteiger partial charge in [0.2, 0.25) is 5.91 Å². The molecule has 148 valence electrons. The average Bonchev–Trinajstić information content (AvgIpc) is 3.02. The fraction of sp³-hybridized carbons (Fsp3) is 0.300. The Bertz CT molecular complexity index is 874. The summed E-state index contributed by atoms with van der Waals surface area (Å²) >= 11 is 0. The molecule has 0 aliphatic heterocycles. The summed E-state index contributed by atoms with van der Waals surface area (Å²) in [5, 5.41) is 7.15. The van der Waals surface area contributed by atoms with Crippen LogP contribution in [0.25, 0.3) is 11.3 Å². The number of amides is 2. The van der Waals surface area contributed by atoms with Crippen molar-refractivity contribution in [3.63, 3.8) is 0 Å². The Hall–Kier alpha value is -3.42. The summed E-state index contributed by atoms with van der Waals surface area (Å²) in [7, 11) is 1.77. The van der Waals surface area contributed by atoms with Gasteiger partial charge in [-0.15, -0.1) is 13.2 Å². The number of pyridine rings is 1. The van der Waals surface area contributed by atoms with Gasteiger partial charge in [-0.05, 0) is 18.6 Å². The van der Waals surface area contributed by atoms with Gasteiger partial charge in [0.15, 0.2) is 0 Å². The molecular formula is C20H25N5O3. The lowest BCUT2D eigenvalue weighted by molar-refractivity contribution is -0.118. The molecule has 0 aromatic carbocycles. The number of hydrogen-bond acceptors (Lipinski definition) is 5. The topological polar surface area (TPSA) is 112 Å². The second kappa shape index (κ2) is 9.50. The summed E-state index contributed by atoms with van der Waals surface area (Å²) in [5.41, 5.74) is 7.71. The number of anilines is 1. The molecule has 2 atom stereocenters. The number of primary amides is 1. The molecule has 2 aromatic rings. The van der Waals surface area contributed by atoms with Crippen LogP contribution in [0.5, 0.6) is 0 Å². The smallest absolute Gasteiger partial charge is 0.405 e. The largest absolute Gasteiger partial charge is 0.440 e. The summed E-state index contributed by atoms with van der Waals surface area (Å²) in [4.78, 5) is 27.9. The number of aryl methyl sites for hydroxylation is 1. The van der Waals surface area contributed by atoms with Crippen molar-refractivity contribution in [2.45, 2.75) is 25.9 Å². The van der Waals surface area contributed by atoms with Crippen molar-refractivity contribution in [2.75, 3.05) is 5.32 Å². The zero-order valence-corrected chi connectivity index (χ0v) is 16.1. The van der Waals surface area contributed by atoms with Crippen LogP contribution in [0.3, 0.4) is 0 Å². The molecule has 2 amide bonds. The second-order valence-corrected chi connectivity index (χ2v) is 6.19. The maximum absolute atomic E-state index is 12.4. The number of hydrogen-bond donors (Lipinski definition) is 2. The number of nitrogens with two attached hydrogens (primary N) is 1. The van der Waals surface area contributed by atoms with E-state index in [0.717, 1.165) is 5.56 Å². The molecule has 0 fully saturated rings. The Balaban J connectivity index is 2.39. The zero-order valence-electron chi connectivity index (χ0n) is 16.1. The molecule has 0 aliphatic carbocycles. The summed E-state index contributed by atoms with van der Waals surface area (Å²) in [6.45, 7) is 9.29. The van der Waals surface area contributed by atoms with E-state index < -0.39 is 12.2 Å². The first-order valence-corrected chi connectivity index (χ1v) is 8.89. The molecule has 0 bridgehead atoms. The van der Waals surface area contributed by atoms with Gasteiger partial charge >= 0.3 is 6.09 Å². The maximum Gasteiger partial charge on any atom is 0.405 e. The van der Waals surface area contributed by atoms with E-state index in [0.29, 0.717) is 29.9 Å². The van der Waals surface area contributed by atoms with Crippen molar-refractivity contribution in [2.24, 2.45) is 18.7 Å². The van der Waals surface area contributed by atoms with Gasteiger partial charge in [-0.2, -0.15) is 5.10 Å². The minimum absolute atomic E-state index is 0.150. The number of carbonyl (C=O) groups excluding carboxylic acids is 2. The third-order valence-electron chi connectivity index (χ3n) is 4.28. The van der Waals surface area contributed by atoms with E-state index in [4.69, 9.17) is 10.5 Å². The van der Waals surface area contributed by atoms with Gasteiger partial charge in [0.25, 0.3) is 0 Å². The molecule has 0 aliphatic rings. The fourth-order valence-electron chi connectivity index (χ4n) is 2.85. The van der Waals surface area contributed by atoms with E-state index >= 15 is 0 Å². The van der Waals surface area contributed by atoms with Crippen LogP contribution in [0.2, 0.25) is 0 Å². The van der Waals surface area contributed by atoms with Gasteiger partial charge < -0.3 is 15.8 Å². The van der Waals surface area contributed by atoms with E-state index in [2.05, 4.69) is 28.6 Å². The predicted molar refractivity (Wildman–Crippen MR) is 107 cm³/mol. The Morgan fingerprint density at radius 3 is 2.79 bits per heavy atom. The van der Waals surface area contributed by atoms with Crippen LogP contribution in [0, 0.1) is 5.92 Å². The van der Waals surface area contributed by atoms with E-state index in [1.807, 2.05) is 6.92 Å². The van der Waals surface area contributed by atoms with Crippen molar-refractivity contribution in [3.05, 3.63) is 55.5 Å². The van der Waals surface area contributed by atoms with Gasteiger partial charge in [0, 0.05) is 25.2 Å². The lowest BCUT2D eigenvalue weighted by Crippen LogP contribution is -2.20. The standard InChI is InChI=1S/C20H25N5O3/c1-5-8-17(28-20(21)27)15-11-14(9-10-22-15)18-16(12-23-25(18)4)24-19(26)13(6-2)7-3/h5-6,9-13,17H,1-2,7-8H2,3-4H3,(H2,21,27)(H,24,26). The van der Waals surface area contributed by atoms with Crippen molar-refractivity contribution >= 4 is 17.7 Å². The van der Waals surface area contributed by atoms with E-state index in [1.54, 1.807) is 48.4 Å². The minimum Gasteiger partial charge on any atom is -0.440 e. The molecule has 0 saturated carbocycles. The first-order valence-electron chi connectivity index (χ1n) is 8.89. The molecule has 0 radical (unpaired) electrons. The fourth-order valence-corrected chi connectivity index (χ4v) is 2.85. The van der Waals surface area contributed by atoms with E-state index in [9.17, 15) is 9.59 Å². The highest BCUT2D eigenvalue weighted by atomic mass is 16.6. The van der Waals surface area contributed by atoms with Crippen molar-refractivity contribution in [1.82, 2.24) is 14.8 Å². The number of nitrogens with zero attached hydrogens (tertiary/aromatic N) is 3. The van der Waals surface area contributed by atoms with Crippen LogP contribution in [-0.2, 0) is 16.6 Å². The van der Waals surface area contributed by atoms with Crippen LogP contribution < -0.4 is 11.1 Å². The van der Waals surface area contributed by atoms with Gasteiger partial charge in [-0.3, -0.25) is 14.5 Å². The van der Waals surface area contributed by atoms with Crippen LogP contribution in [0.1, 0.15) is 31.6 Å². The molecule has 2 unspecified atom stereocenters. The maximum atomic E-state index is 12.4. The molecule has 3 N–H and O–H groups in total. The van der Waals surface area contributed by atoms with Crippen LogP contribution in [0.4, 0.5) is 10.5 Å². The molecular weight excluding hydrogens is 358 g/mol. The summed E-state index contributed by atoms with van der Waals surface area (Å²) in [6.07, 6.45) is 5.92. The van der Waals surface area contributed by atoms with Crippen LogP contribution in [0.15, 0.2) is 49.8 Å². The average molecular weight is 383 g/mol. The molecule has 28 heavy (non-hydrogen) atoms. The summed E-state index contributed by atoms with van der Waals surface area (Å²) in [6, 6.07) is 3.56. The summed E-state index contributed by atoms with van der Waals surface area (Å²) in [5.74, 6) is -0.440. The highest BCUT2D eigenvalue weighted by Gasteiger charge is 2.20. The highest BCUT2D eigenvalue weighted by Crippen LogP contribution is 2.30. The molecule has 2 heterocycles. The van der Waals surface area contributed by atoms with Gasteiger partial charge in [-0.25, -0.2) is 4.79 Å². The predicted octanol–water partition coefficient (Wildman–Crippen LogP) is 3.35. The third-order valence-corrected chi connectivity index (χ3v) is 4.28. The SMILES string of the molecule is C=CCC(OC(N)=O)c1cc(-c2c(NC(=O)C(C=C)CC)cnn2C)ccn1. The number of carbonyl (C=O) groups is 2. The lowest BCUT2D eigenvalue weighted by Gasteiger charge is -2.16. The third kappa shape index (κ3) is 4.85. The van der Waals surface area contributed by atoms with Gasteiger partial charge in [-0.1, -0.05) is 19.1 Å². The van der Waals surface area contributed by atoms with Crippen LogP contribution >= 0.6 is 0 Å². The lowest BCUT2D eigenvalue weighted by atomic mass is 10.0. The van der Waals surface area contributed by atoms with Crippen molar-refractivity contribution in [1.29, 1.82) is 0 Å². The summed E-state index contributed by atoms with van der Waals surface area (Å²) < 4.78 is 6.79. The molecule has 0 saturated heterocycles. The van der Waals surface area contributed by atoms with Crippen LogP contribution in [-0.4, -0.2) is 26.8 Å². The quantitative estimate of drug-likeness (QED) is 0.645. The van der Waals surface area contributed by atoms with Gasteiger partial charge in [0.1, 0.15) is 6.10 Å². The normalized spacial score (nSPS) is 12.6. The molecule has 2 rings (SSSR count). The monoisotopic (exact) mass is 383 g/mol. The molecule has 8 nitrogen and oxygen atoms in total. The zero-order chi connectivity index (χ0) is 20.7. The Kier molecular flexibility index (Phi) is 7.08. The highest BCUT2D eigenvalue weighted by molar-refractivity contribution is 5.96. The van der Waals surface area contributed by atoms with Crippen molar-refractivity contribution < 1.29 is 14.3 Å². The first kappa shape index (κ1) is 20.9. The first-order chi connectivity index (χ1) is 13.4. The minimum atomic E-state index is -0.887. The second-order valence-electron chi connectivity index (χ2n) is 6.19. The van der Waals surface area contributed by atoms with E-state index in [-0.39, 0.29) is 11.8 Å². The number of ether oxygens (including phenoxy) is 1. The molecule has 8 heteroatoms. The molecule has 0 spiro atoms. The van der Waals surface area contributed by atoms with Gasteiger partial charge in [0.05, 0.1) is 29.2 Å². The van der Waals surface area contributed by atoms with E-state index in [1.165, 1.54) is 0 Å². The van der Waals surface area contributed by atoms with Crippen molar-refractivity contribution in [3.8, 4) is 11.3 Å². The Morgan fingerprint density at radius 2 is 2.18 bits per heavy atom. The number of aromatic nitrogens is 3. The Labute approximate surface area is 164 Å². The number of rotatable bonds is 9. The molecule has 2 aromatic heterocycles.